The van der Waals surface area contributed by atoms with Crippen LogP contribution in [0, 0.1) is 18.6 Å². The first kappa shape index (κ1) is 31.0. The highest BCUT2D eigenvalue weighted by atomic mass is 79.9. The fourth-order valence-corrected chi connectivity index (χ4v) is 5.81. The molecule has 0 unspecified atom stereocenters. The average Bonchev–Trinajstić information content (AvgIpc) is 2.96. The molecule has 1 amide bonds. The molecular weight excluding hydrogens is 630 g/mol. The van der Waals surface area contributed by atoms with Gasteiger partial charge in [0.15, 0.2) is 0 Å². The smallest absolute Gasteiger partial charge is 0.338 e. The zero-order valence-electron chi connectivity index (χ0n) is 22.7. The summed E-state index contributed by atoms with van der Waals surface area (Å²) >= 11 is 3.36. The molecule has 4 rings (SSSR count). The van der Waals surface area contributed by atoms with Crippen molar-refractivity contribution in [3.8, 4) is 0 Å². The van der Waals surface area contributed by atoms with Crippen LogP contribution in [0.3, 0.4) is 0 Å². The van der Waals surface area contributed by atoms with Gasteiger partial charge < -0.3 is 10.1 Å². The van der Waals surface area contributed by atoms with Crippen LogP contribution in [0.1, 0.15) is 44.3 Å². The molecule has 0 heterocycles. The van der Waals surface area contributed by atoms with Crippen LogP contribution in [0.25, 0.3) is 0 Å². The van der Waals surface area contributed by atoms with Crippen LogP contribution in [0.2, 0.25) is 0 Å². The van der Waals surface area contributed by atoms with Gasteiger partial charge in [0.2, 0.25) is 10.0 Å². The minimum absolute atomic E-state index is 0.103. The summed E-state index contributed by atoms with van der Waals surface area (Å²) in [7, 11) is -4.50. The van der Waals surface area contributed by atoms with E-state index in [1.54, 1.807) is 50.2 Å². The highest BCUT2D eigenvalue weighted by Crippen LogP contribution is 2.26. The van der Waals surface area contributed by atoms with Crippen molar-refractivity contribution in [2.75, 3.05) is 11.9 Å². The molecule has 7 nitrogen and oxygen atoms in total. The molecule has 0 atom stereocenters. The molecule has 42 heavy (non-hydrogen) atoms. The Morgan fingerprint density at radius 3 is 2.02 bits per heavy atom. The van der Waals surface area contributed by atoms with Crippen LogP contribution < -0.4 is 5.32 Å². The number of hydrogen-bond acceptors (Lipinski definition) is 5. The van der Waals surface area contributed by atoms with E-state index in [2.05, 4.69) is 21.2 Å². The van der Waals surface area contributed by atoms with E-state index in [1.807, 2.05) is 0 Å². The molecule has 4 aromatic carbocycles. The number of ether oxygens (including phenoxy) is 1. The third-order valence-electron chi connectivity index (χ3n) is 6.34. The Balaban J connectivity index is 1.67. The lowest BCUT2D eigenvalue weighted by molar-refractivity contribution is 0.0526. The highest BCUT2D eigenvalue weighted by Gasteiger charge is 2.29. The normalized spacial score (nSPS) is 11.4. The molecule has 218 valence electrons. The summed E-state index contributed by atoms with van der Waals surface area (Å²) in [5.41, 5.74) is 1.92. The minimum Gasteiger partial charge on any atom is -0.462 e. The molecule has 0 aliphatic heterocycles. The Kier molecular flexibility index (Phi) is 9.87. The molecule has 0 aromatic heterocycles. The van der Waals surface area contributed by atoms with E-state index >= 15 is 4.39 Å². The molecule has 0 aliphatic rings. The van der Waals surface area contributed by atoms with E-state index in [0.717, 1.165) is 33.0 Å². The quantitative estimate of drug-likeness (QED) is 0.188. The molecule has 0 saturated carbocycles. The van der Waals surface area contributed by atoms with Crippen LogP contribution in [0.4, 0.5) is 14.5 Å². The fourth-order valence-electron chi connectivity index (χ4n) is 4.04. The molecule has 11 heteroatoms. The predicted octanol–water partition coefficient (Wildman–Crippen LogP) is 6.86. The fraction of sp³-hybridized carbons (Fsp3) is 0.161. The topological polar surface area (TPSA) is 92.8 Å². The van der Waals surface area contributed by atoms with E-state index in [-0.39, 0.29) is 30.9 Å². The summed E-state index contributed by atoms with van der Waals surface area (Å²) < 4.78 is 63.8. The van der Waals surface area contributed by atoms with Crippen LogP contribution in [0.5, 0.6) is 0 Å². The number of carbonyl (C=O) groups excluding carboxylic acids is 2. The highest BCUT2D eigenvalue weighted by molar-refractivity contribution is 9.10. The Morgan fingerprint density at radius 1 is 0.833 bits per heavy atom. The Morgan fingerprint density at radius 2 is 1.43 bits per heavy atom. The van der Waals surface area contributed by atoms with E-state index in [4.69, 9.17) is 4.74 Å². The zero-order chi connectivity index (χ0) is 30.4. The van der Waals surface area contributed by atoms with Gasteiger partial charge in [-0.25, -0.2) is 22.0 Å². The number of esters is 1. The van der Waals surface area contributed by atoms with E-state index < -0.39 is 38.4 Å². The SMILES string of the molecule is CCOC(=O)c1ccc(CN(Cc2ccc(Br)cc2)S(=O)(=O)c2cc(C(=O)Nc3ccc(C)c(F)c3)ccc2F)cc1. The number of aryl methyl sites for hydroxylation is 1. The van der Waals surface area contributed by atoms with Crippen LogP contribution >= 0.6 is 15.9 Å². The van der Waals surface area contributed by atoms with Gasteiger partial charge in [-0.1, -0.05) is 46.3 Å². The first-order valence-corrected chi connectivity index (χ1v) is 15.1. The summed E-state index contributed by atoms with van der Waals surface area (Å²) in [6.45, 7) is 3.22. The van der Waals surface area contributed by atoms with Crippen molar-refractivity contribution in [1.82, 2.24) is 4.31 Å². The standard InChI is InChI=1S/C31H27BrF2N2O5S/c1-3-41-31(38)23-9-5-21(6-10-23)18-36(19-22-7-12-25(32)13-8-22)42(39,40)29-16-24(11-15-27(29)33)30(37)35-26-14-4-20(2)28(34)17-26/h4-17H,3,18-19H2,1-2H3,(H,35,37). The van der Waals surface area contributed by atoms with Crippen LogP contribution in [-0.4, -0.2) is 31.2 Å². The number of amides is 1. The summed E-state index contributed by atoms with van der Waals surface area (Å²) in [6, 6.07) is 20.4. The van der Waals surface area contributed by atoms with Crippen molar-refractivity contribution < 1.29 is 31.5 Å². The van der Waals surface area contributed by atoms with E-state index in [0.29, 0.717) is 22.3 Å². The summed E-state index contributed by atoms with van der Waals surface area (Å²) in [4.78, 5) is 24.3. The summed E-state index contributed by atoms with van der Waals surface area (Å²) in [5, 5.41) is 2.51. The first-order valence-electron chi connectivity index (χ1n) is 12.9. The van der Waals surface area contributed by atoms with Crippen molar-refractivity contribution in [2.24, 2.45) is 0 Å². The van der Waals surface area contributed by atoms with Crippen molar-refractivity contribution in [3.63, 3.8) is 0 Å². The van der Waals surface area contributed by atoms with Gasteiger partial charge in [0.1, 0.15) is 16.5 Å². The van der Waals surface area contributed by atoms with E-state index in [1.165, 1.54) is 24.3 Å². The first-order chi connectivity index (χ1) is 20.0. The number of sulfonamides is 1. The number of nitrogens with zero attached hydrogens (tertiary/aromatic N) is 1. The number of halogens is 3. The second-order valence-corrected chi connectivity index (χ2v) is 12.2. The molecule has 0 radical (unpaired) electrons. The molecule has 0 bridgehead atoms. The number of rotatable bonds is 10. The maximum Gasteiger partial charge on any atom is 0.338 e. The molecule has 0 saturated heterocycles. The van der Waals surface area contributed by atoms with Gasteiger partial charge in [-0.05, 0) is 85.1 Å². The van der Waals surface area contributed by atoms with Crippen molar-refractivity contribution in [2.45, 2.75) is 31.8 Å². The molecule has 0 aliphatic carbocycles. The van der Waals surface area contributed by atoms with Gasteiger partial charge in [-0.15, -0.1) is 0 Å². The van der Waals surface area contributed by atoms with Gasteiger partial charge >= 0.3 is 5.97 Å². The molecule has 0 spiro atoms. The number of nitrogens with one attached hydrogen (secondary N) is 1. The largest absolute Gasteiger partial charge is 0.462 e. The van der Waals surface area contributed by atoms with Gasteiger partial charge in [0, 0.05) is 28.8 Å². The second kappa shape index (κ2) is 13.4. The predicted molar refractivity (Wildman–Crippen MR) is 158 cm³/mol. The summed E-state index contributed by atoms with van der Waals surface area (Å²) in [6.07, 6.45) is 0. The van der Waals surface area contributed by atoms with Gasteiger partial charge in [0.05, 0.1) is 12.2 Å². The maximum absolute atomic E-state index is 15.1. The Bertz CT molecular complexity index is 1710. The molecule has 1 N–H and O–H groups in total. The van der Waals surface area contributed by atoms with Crippen molar-refractivity contribution in [1.29, 1.82) is 0 Å². The zero-order valence-corrected chi connectivity index (χ0v) is 25.1. The van der Waals surface area contributed by atoms with Gasteiger partial charge in [-0.3, -0.25) is 4.79 Å². The van der Waals surface area contributed by atoms with Crippen LogP contribution in [-0.2, 0) is 27.8 Å². The van der Waals surface area contributed by atoms with E-state index in [9.17, 15) is 22.4 Å². The number of anilines is 1. The summed E-state index contributed by atoms with van der Waals surface area (Å²) in [5.74, 6) is -2.79. The molecule has 4 aromatic rings. The third kappa shape index (κ3) is 7.47. The lowest BCUT2D eigenvalue weighted by Crippen LogP contribution is -2.31. The van der Waals surface area contributed by atoms with Crippen molar-refractivity contribution in [3.05, 3.63) is 129 Å². The molecule has 0 fully saturated rings. The van der Waals surface area contributed by atoms with Crippen molar-refractivity contribution >= 4 is 43.5 Å². The lowest BCUT2D eigenvalue weighted by atomic mass is 10.1. The van der Waals surface area contributed by atoms with Gasteiger partial charge in [-0.2, -0.15) is 4.31 Å². The Labute approximate surface area is 251 Å². The number of benzene rings is 4. The maximum atomic E-state index is 15.1. The second-order valence-electron chi connectivity index (χ2n) is 9.38. The van der Waals surface area contributed by atoms with Crippen LogP contribution in [0.15, 0.2) is 94.3 Å². The number of carbonyl (C=O) groups is 2. The lowest BCUT2D eigenvalue weighted by Gasteiger charge is -2.23. The number of hydrogen-bond donors (Lipinski definition) is 1. The minimum atomic E-state index is -4.50. The monoisotopic (exact) mass is 656 g/mol. The average molecular weight is 658 g/mol. The Hall–Kier alpha value is -3.93. The third-order valence-corrected chi connectivity index (χ3v) is 8.67. The molecular formula is C31H27BrF2N2O5S. The van der Waals surface area contributed by atoms with Gasteiger partial charge in [0.25, 0.3) is 5.91 Å².